The Morgan fingerprint density at radius 2 is 1.78 bits per heavy atom. The number of amides is 1. The van der Waals surface area contributed by atoms with E-state index in [0.717, 1.165) is 18.3 Å². The number of carbonyl (C=O) groups excluding carboxylic acids is 1. The number of nitrogens with one attached hydrogen (secondary N) is 2. The normalized spacial score (nSPS) is 11.6. The maximum atomic E-state index is 12.9. The van der Waals surface area contributed by atoms with Crippen molar-refractivity contribution >= 4 is 57.6 Å². The Kier molecular flexibility index (Phi) is 5.70. The molecule has 2 heterocycles. The molecule has 0 atom stereocenters. The van der Waals surface area contributed by atoms with Gasteiger partial charge >= 0.3 is 6.18 Å². The van der Waals surface area contributed by atoms with E-state index in [1.807, 2.05) is 0 Å². The Bertz CT molecular complexity index is 1320. The van der Waals surface area contributed by atoms with Crippen molar-refractivity contribution in [3.63, 3.8) is 0 Å². The average Bonchev–Trinajstić information content (AvgIpc) is 3.05. The molecular formula is C21H14Cl2F3N5O. The molecule has 4 aromatic rings. The zero-order valence-electron chi connectivity index (χ0n) is 16.3. The molecule has 4 rings (SSSR count). The summed E-state index contributed by atoms with van der Waals surface area (Å²) < 4.78 is 40.4. The molecule has 32 heavy (non-hydrogen) atoms. The Balaban J connectivity index is 1.61. The minimum atomic E-state index is -4.54. The van der Waals surface area contributed by atoms with E-state index in [0.29, 0.717) is 32.7 Å². The lowest BCUT2D eigenvalue weighted by molar-refractivity contribution is -0.137. The maximum Gasteiger partial charge on any atom is 0.416 e. The van der Waals surface area contributed by atoms with Gasteiger partial charge in [-0.15, -0.1) is 0 Å². The van der Waals surface area contributed by atoms with Gasteiger partial charge < -0.3 is 15.2 Å². The third-order valence-electron chi connectivity index (χ3n) is 4.67. The van der Waals surface area contributed by atoms with Crippen LogP contribution in [0, 0.1) is 0 Å². The number of pyridine rings is 1. The highest BCUT2D eigenvalue weighted by atomic mass is 35.5. The first-order chi connectivity index (χ1) is 15.1. The van der Waals surface area contributed by atoms with E-state index in [-0.39, 0.29) is 11.4 Å². The Morgan fingerprint density at radius 1 is 1.06 bits per heavy atom. The van der Waals surface area contributed by atoms with Crippen LogP contribution in [0.5, 0.6) is 0 Å². The Labute approximate surface area is 190 Å². The van der Waals surface area contributed by atoms with Crippen molar-refractivity contribution in [3.8, 4) is 0 Å². The van der Waals surface area contributed by atoms with E-state index in [2.05, 4.69) is 20.6 Å². The van der Waals surface area contributed by atoms with Crippen molar-refractivity contribution in [2.45, 2.75) is 6.18 Å². The van der Waals surface area contributed by atoms with Gasteiger partial charge in [0.25, 0.3) is 5.91 Å². The van der Waals surface area contributed by atoms with Crippen LogP contribution in [0.1, 0.15) is 15.9 Å². The molecule has 0 saturated heterocycles. The minimum absolute atomic E-state index is 0.206. The van der Waals surface area contributed by atoms with E-state index in [1.165, 1.54) is 6.07 Å². The van der Waals surface area contributed by atoms with E-state index in [1.54, 1.807) is 41.9 Å². The van der Waals surface area contributed by atoms with E-state index < -0.39 is 17.6 Å². The smallest absolute Gasteiger partial charge is 0.323 e. The lowest BCUT2D eigenvalue weighted by Crippen LogP contribution is -2.14. The fourth-order valence-corrected chi connectivity index (χ4v) is 3.54. The topological polar surface area (TPSA) is 71.8 Å². The fraction of sp³-hybridized carbons (Fsp3) is 0.0952. The van der Waals surface area contributed by atoms with Crippen LogP contribution >= 0.6 is 23.2 Å². The molecule has 0 unspecified atom stereocenters. The lowest BCUT2D eigenvalue weighted by Gasteiger charge is -2.09. The van der Waals surface area contributed by atoms with Gasteiger partial charge in [-0.25, -0.2) is 9.97 Å². The first kappa shape index (κ1) is 21.9. The zero-order valence-corrected chi connectivity index (χ0v) is 17.8. The number of nitrogens with zero attached hydrogens (tertiary/aromatic N) is 3. The molecule has 0 aliphatic carbocycles. The third-order valence-corrected chi connectivity index (χ3v) is 5.30. The van der Waals surface area contributed by atoms with E-state index in [9.17, 15) is 18.0 Å². The number of para-hydroxylation sites is 1. The predicted octanol–water partition coefficient (Wildman–Crippen LogP) is 6.29. The number of imidazole rings is 1. The van der Waals surface area contributed by atoms with Crippen molar-refractivity contribution in [2.24, 2.45) is 7.05 Å². The molecule has 1 amide bonds. The monoisotopic (exact) mass is 479 g/mol. The second-order valence-corrected chi connectivity index (χ2v) is 7.62. The van der Waals surface area contributed by atoms with Crippen molar-refractivity contribution in [3.05, 3.63) is 75.9 Å². The summed E-state index contributed by atoms with van der Waals surface area (Å²) in [5, 5.41) is 6.28. The maximum absolute atomic E-state index is 12.9. The standard InChI is InChI=1S/C21H14Cl2F3N5O/c1-31-16-6-5-11(19(32)29-17-10-12(7-8-27-17)21(24,25)26)9-15(16)28-20(31)30-18-13(22)3-2-4-14(18)23/h2-10H,1H3,(H,28,30)(H,27,29,32). The molecular weight excluding hydrogens is 466 g/mol. The number of alkyl halides is 3. The van der Waals surface area contributed by atoms with Gasteiger partial charge in [-0.2, -0.15) is 13.2 Å². The quantitative estimate of drug-likeness (QED) is 0.360. The summed E-state index contributed by atoms with van der Waals surface area (Å²) in [5.74, 6) is -0.387. The molecule has 0 aliphatic rings. The van der Waals surface area contributed by atoms with Crippen molar-refractivity contribution < 1.29 is 18.0 Å². The number of rotatable bonds is 4. The second kappa shape index (κ2) is 8.33. The van der Waals surface area contributed by atoms with Gasteiger partial charge in [0.2, 0.25) is 5.95 Å². The second-order valence-electron chi connectivity index (χ2n) is 6.80. The summed E-state index contributed by atoms with van der Waals surface area (Å²) >= 11 is 12.4. The number of fused-ring (bicyclic) bond motifs is 1. The molecule has 164 valence electrons. The number of benzene rings is 2. The fourth-order valence-electron chi connectivity index (χ4n) is 3.05. The molecule has 0 aliphatic heterocycles. The molecule has 0 saturated carbocycles. The van der Waals surface area contributed by atoms with E-state index in [4.69, 9.17) is 23.2 Å². The number of carbonyl (C=O) groups is 1. The summed E-state index contributed by atoms with van der Waals surface area (Å²) in [6, 6.07) is 11.4. The minimum Gasteiger partial charge on any atom is -0.323 e. The number of aromatic nitrogens is 3. The van der Waals surface area contributed by atoms with Crippen molar-refractivity contribution in [1.82, 2.24) is 14.5 Å². The average molecular weight is 480 g/mol. The number of hydrogen-bond donors (Lipinski definition) is 2. The SMILES string of the molecule is Cn1c(Nc2c(Cl)cccc2Cl)nc2cc(C(=O)Nc3cc(C(F)(F)F)ccn3)ccc21. The molecule has 0 radical (unpaired) electrons. The highest BCUT2D eigenvalue weighted by Crippen LogP contribution is 2.33. The Hall–Kier alpha value is -3.30. The first-order valence-electron chi connectivity index (χ1n) is 9.15. The highest BCUT2D eigenvalue weighted by Gasteiger charge is 2.30. The number of aryl methyl sites for hydroxylation is 1. The summed E-state index contributed by atoms with van der Waals surface area (Å²) in [6.07, 6.45) is -3.55. The van der Waals surface area contributed by atoms with Gasteiger partial charge in [0.15, 0.2) is 0 Å². The molecule has 11 heteroatoms. The molecule has 2 aromatic carbocycles. The lowest BCUT2D eigenvalue weighted by atomic mass is 10.2. The largest absolute Gasteiger partial charge is 0.416 e. The summed E-state index contributed by atoms with van der Waals surface area (Å²) in [5.41, 5.74) is 0.990. The first-order valence-corrected chi connectivity index (χ1v) is 9.91. The van der Waals surface area contributed by atoms with Crippen LogP contribution in [0.15, 0.2) is 54.7 Å². The number of halogens is 5. The molecule has 2 N–H and O–H groups in total. The van der Waals surface area contributed by atoms with Crippen LogP contribution in [0.3, 0.4) is 0 Å². The van der Waals surface area contributed by atoms with Crippen LogP contribution in [0.2, 0.25) is 10.0 Å². The van der Waals surface area contributed by atoms with Crippen LogP contribution in [0.4, 0.5) is 30.6 Å². The Morgan fingerprint density at radius 3 is 2.47 bits per heavy atom. The van der Waals surface area contributed by atoms with Gasteiger partial charge in [-0.1, -0.05) is 29.3 Å². The molecule has 6 nitrogen and oxygen atoms in total. The van der Waals surface area contributed by atoms with Crippen LogP contribution in [-0.4, -0.2) is 20.4 Å². The van der Waals surface area contributed by atoms with Gasteiger partial charge in [-0.05, 0) is 42.5 Å². The van der Waals surface area contributed by atoms with Gasteiger partial charge in [0.05, 0.1) is 32.3 Å². The predicted molar refractivity (Wildman–Crippen MR) is 118 cm³/mol. The van der Waals surface area contributed by atoms with E-state index >= 15 is 0 Å². The van der Waals surface area contributed by atoms with Crippen LogP contribution in [-0.2, 0) is 13.2 Å². The molecule has 0 spiro atoms. The molecule has 0 fully saturated rings. The van der Waals surface area contributed by atoms with Gasteiger partial charge in [0.1, 0.15) is 5.82 Å². The van der Waals surface area contributed by atoms with Gasteiger partial charge in [-0.3, -0.25) is 4.79 Å². The van der Waals surface area contributed by atoms with Crippen molar-refractivity contribution in [1.29, 1.82) is 0 Å². The highest BCUT2D eigenvalue weighted by molar-refractivity contribution is 6.39. The molecule has 2 aromatic heterocycles. The van der Waals surface area contributed by atoms with Gasteiger partial charge in [0, 0.05) is 18.8 Å². The van der Waals surface area contributed by atoms with Crippen LogP contribution in [0.25, 0.3) is 11.0 Å². The zero-order chi connectivity index (χ0) is 23.0. The number of hydrogen-bond acceptors (Lipinski definition) is 4. The summed E-state index contributed by atoms with van der Waals surface area (Å²) in [6.45, 7) is 0. The van der Waals surface area contributed by atoms with Crippen LogP contribution < -0.4 is 10.6 Å². The molecule has 0 bridgehead atoms. The van der Waals surface area contributed by atoms with Crippen molar-refractivity contribution in [2.75, 3.05) is 10.6 Å². The number of anilines is 3. The summed E-state index contributed by atoms with van der Waals surface area (Å²) in [4.78, 5) is 20.8. The third kappa shape index (κ3) is 4.35. The summed E-state index contributed by atoms with van der Waals surface area (Å²) in [7, 11) is 1.77.